The zero-order valence-corrected chi connectivity index (χ0v) is 9.72. The highest BCUT2D eigenvalue weighted by Gasteiger charge is 2.16. The molecule has 0 aromatic heterocycles. The molecule has 84 valence electrons. The van der Waals surface area contributed by atoms with Crippen molar-refractivity contribution in [3.05, 3.63) is 0 Å². The van der Waals surface area contributed by atoms with Crippen molar-refractivity contribution in [1.29, 1.82) is 0 Å². The quantitative estimate of drug-likeness (QED) is 0.710. The van der Waals surface area contributed by atoms with Crippen molar-refractivity contribution in [3.63, 3.8) is 0 Å². The van der Waals surface area contributed by atoms with E-state index < -0.39 is 0 Å². The fraction of sp³-hybridized carbons (Fsp3) is 1.00. The van der Waals surface area contributed by atoms with Crippen LogP contribution in [0.25, 0.3) is 0 Å². The lowest BCUT2D eigenvalue weighted by Gasteiger charge is -2.28. The van der Waals surface area contributed by atoms with E-state index in [1.54, 1.807) is 0 Å². The lowest BCUT2D eigenvalue weighted by Crippen LogP contribution is -2.43. The molecule has 0 aliphatic carbocycles. The van der Waals surface area contributed by atoms with Gasteiger partial charge in [0.05, 0.1) is 6.61 Å². The summed E-state index contributed by atoms with van der Waals surface area (Å²) in [6.07, 6.45) is 7.71. The van der Waals surface area contributed by atoms with Gasteiger partial charge in [0.25, 0.3) is 0 Å². The molecule has 1 heterocycles. The number of hydrogen-bond acceptors (Lipinski definition) is 2. The minimum atomic E-state index is 0.617. The van der Waals surface area contributed by atoms with Gasteiger partial charge in [0, 0.05) is 18.7 Å². The molecule has 0 bridgehead atoms. The first-order chi connectivity index (χ1) is 6.86. The summed E-state index contributed by atoms with van der Waals surface area (Å²) < 4.78 is 5.48. The maximum atomic E-state index is 5.48. The van der Waals surface area contributed by atoms with Crippen LogP contribution < -0.4 is 5.32 Å². The van der Waals surface area contributed by atoms with E-state index in [0.29, 0.717) is 6.04 Å². The molecule has 0 amide bonds. The molecule has 14 heavy (non-hydrogen) atoms. The summed E-state index contributed by atoms with van der Waals surface area (Å²) in [5.41, 5.74) is 0. The zero-order valence-electron chi connectivity index (χ0n) is 9.72. The van der Waals surface area contributed by atoms with Crippen molar-refractivity contribution in [2.45, 2.75) is 64.5 Å². The minimum Gasteiger partial charge on any atom is -0.380 e. The Bertz CT molecular complexity index is 126. The van der Waals surface area contributed by atoms with Crippen molar-refractivity contribution >= 4 is 0 Å². The smallest absolute Gasteiger partial charge is 0.0619 e. The second-order valence-electron chi connectivity index (χ2n) is 4.36. The Kier molecular flexibility index (Phi) is 6.20. The lowest BCUT2D eigenvalue weighted by molar-refractivity contribution is 0.0653. The number of ether oxygens (including phenoxy) is 1. The topological polar surface area (TPSA) is 21.3 Å². The van der Waals surface area contributed by atoms with Gasteiger partial charge in [-0.15, -0.1) is 0 Å². The standard InChI is InChI=1S/C12H25NO/c1-3-6-11(7-4-2)13-12-8-5-9-14-10-12/h11-13H,3-10H2,1-2H3. The molecule has 1 atom stereocenters. The van der Waals surface area contributed by atoms with Gasteiger partial charge in [-0.3, -0.25) is 0 Å². The number of hydrogen-bond donors (Lipinski definition) is 1. The highest BCUT2D eigenvalue weighted by molar-refractivity contribution is 4.75. The fourth-order valence-electron chi connectivity index (χ4n) is 2.21. The Morgan fingerprint density at radius 3 is 2.50 bits per heavy atom. The Hall–Kier alpha value is -0.0800. The zero-order chi connectivity index (χ0) is 10.2. The molecule has 0 saturated carbocycles. The summed E-state index contributed by atoms with van der Waals surface area (Å²) in [5, 5.41) is 3.73. The van der Waals surface area contributed by atoms with Crippen molar-refractivity contribution in [1.82, 2.24) is 5.32 Å². The normalized spacial score (nSPS) is 22.9. The van der Waals surface area contributed by atoms with E-state index >= 15 is 0 Å². The molecule has 1 saturated heterocycles. The van der Waals surface area contributed by atoms with Crippen LogP contribution >= 0.6 is 0 Å². The highest BCUT2D eigenvalue weighted by Crippen LogP contribution is 2.11. The molecular formula is C12H25NO. The molecule has 1 unspecified atom stereocenters. The summed E-state index contributed by atoms with van der Waals surface area (Å²) in [4.78, 5) is 0. The molecule has 0 aromatic rings. The molecule has 0 spiro atoms. The Balaban J connectivity index is 2.21. The molecule has 1 N–H and O–H groups in total. The van der Waals surface area contributed by atoms with Crippen molar-refractivity contribution in [3.8, 4) is 0 Å². The van der Waals surface area contributed by atoms with Gasteiger partial charge in [0.2, 0.25) is 0 Å². The van der Waals surface area contributed by atoms with E-state index in [9.17, 15) is 0 Å². The van der Waals surface area contributed by atoms with Crippen LogP contribution in [0.3, 0.4) is 0 Å². The molecular weight excluding hydrogens is 174 g/mol. The first-order valence-electron chi connectivity index (χ1n) is 6.20. The maximum Gasteiger partial charge on any atom is 0.0619 e. The second kappa shape index (κ2) is 7.24. The van der Waals surface area contributed by atoms with Crippen molar-refractivity contribution in [2.24, 2.45) is 0 Å². The van der Waals surface area contributed by atoms with Crippen LogP contribution in [0.5, 0.6) is 0 Å². The average Bonchev–Trinajstić information content (AvgIpc) is 2.20. The van der Waals surface area contributed by atoms with E-state index in [1.807, 2.05) is 0 Å². The first-order valence-corrected chi connectivity index (χ1v) is 6.20. The van der Waals surface area contributed by atoms with Crippen LogP contribution in [-0.4, -0.2) is 25.3 Å². The Morgan fingerprint density at radius 2 is 2.00 bits per heavy atom. The first kappa shape index (κ1) is 12.0. The highest BCUT2D eigenvalue weighted by atomic mass is 16.5. The SMILES string of the molecule is CCCC(CCC)NC1CCCOC1. The van der Waals surface area contributed by atoms with Crippen LogP contribution in [0.1, 0.15) is 52.4 Å². The van der Waals surface area contributed by atoms with Crippen LogP contribution in [0.2, 0.25) is 0 Å². The molecule has 1 rings (SSSR count). The van der Waals surface area contributed by atoms with E-state index in [-0.39, 0.29) is 0 Å². The van der Waals surface area contributed by atoms with Gasteiger partial charge < -0.3 is 10.1 Å². The molecule has 0 radical (unpaired) electrons. The van der Waals surface area contributed by atoms with E-state index in [2.05, 4.69) is 19.2 Å². The van der Waals surface area contributed by atoms with Crippen LogP contribution in [0, 0.1) is 0 Å². The Labute approximate surface area is 88.4 Å². The van der Waals surface area contributed by atoms with Crippen molar-refractivity contribution < 1.29 is 4.74 Å². The second-order valence-corrected chi connectivity index (χ2v) is 4.36. The molecule has 1 aliphatic rings. The number of nitrogens with one attached hydrogen (secondary N) is 1. The number of rotatable bonds is 6. The lowest BCUT2D eigenvalue weighted by atomic mass is 10.0. The van der Waals surface area contributed by atoms with Gasteiger partial charge in [-0.25, -0.2) is 0 Å². The molecule has 2 heteroatoms. The third kappa shape index (κ3) is 4.43. The summed E-state index contributed by atoms with van der Waals surface area (Å²) in [7, 11) is 0. The Morgan fingerprint density at radius 1 is 1.29 bits per heavy atom. The van der Waals surface area contributed by atoms with E-state index in [0.717, 1.165) is 19.3 Å². The van der Waals surface area contributed by atoms with Crippen LogP contribution in [0.15, 0.2) is 0 Å². The van der Waals surface area contributed by atoms with Gasteiger partial charge in [-0.05, 0) is 25.7 Å². The van der Waals surface area contributed by atoms with Gasteiger partial charge in [0.1, 0.15) is 0 Å². The summed E-state index contributed by atoms with van der Waals surface area (Å²) >= 11 is 0. The van der Waals surface area contributed by atoms with Gasteiger partial charge in [-0.2, -0.15) is 0 Å². The van der Waals surface area contributed by atoms with E-state index in [1.165, 1.54) is 38.5 Å². The van der Waals surface area contributed by atoms with E-state index in [4.69, 9.17) is 4.74 Å². The third-order valence-electron chi connectivity index (χ3n) is 2.91. The van der Waals surface area contributed by atoms with Crippen LogP contribution in [-0.2, 0) is 4.74 Å². The monoisotopic (exact) mass is 199 g/mol. The van der Waals surface area contributed by atoms with Crippen LogP contribution in [0.4, 0.5) is 0 Å². The summed E-state index contributed by atoms with van der Waals surface area (Å²) in [6.45, 7) is 6.41. The predicted octanol–water partition coefficient (Wildman–Crippen LogP) is 2.72. The molecule has 0 aromatic carbocycles. The van der Waals surface area contributed by atoms with Crippen molar-refractivity contribution in [2.75, 3.05) is 13.2 Å². The fourth-order valence-corrected chi connectivity index (χ4v) is 2.21. The summed E-state index contributed by atoms with van der Waals surface area (Å²) in [5.74, 6) is 0. The largest absolute Gasteiger partial charge is 0.380 e. The molecule has 2 nitrogen and oxygen atoms in total. The molecule has 1 aliphatic heterocycles. The van der Waals surface area contributed by atoms with Gasteiger partial charge in [0.15, 0.2) is 0 Å². The third-order valence-corrected chi connectivity index (χ3v) is 2.91. The summed E-state index contributed by atoms with van der Waals surface area (Å²) in [6, 6.07) is 1.34. The molecule has 1 fully saturated rings. The maximum absolute atomic E-state index is 5.48. The van der Waals surface area contributed by atoms with Gasteiger partial charge >= 0.3 is 0 Å². The minimum absolute atomic E-state index is 0.617. The van der Waals surface area contributed by atoms with Gasteiger partial charge in [-0.1, -0.05) is 26.7 Å². The predicted molar refractivity (Wildman–Crippen MR) is 60.6 cm³/mol. The average molecular weight is 199 g/mol.